The maximum absolute atomic E-state index is 12.6. The van der Waals surface area contributed by atoms with Gasteiger partial charge < -0.3 is 15.1 Å². The van der Waals surface area contributed by atoms with Crippen LogP contribution in [0.5, 0.6) is 0 Å². The number of carboxylic acid groups (broad SMARTS) is 2. The molecule has 3 rings (SSSR count). The molecule has 2 aromatic heterocycles. The van der Waals surface area contributed by atoms with Crippen LogP contribution in [0.1, 0.15) is 45.7 Å². The van der Waals surface area contributed by atoms with Gasteiger partial charge in [0.1, 0.15) is 0 Å². The number of rotatable bonds is 6. The van der Waals surface area contributed by atoms with Crippen LogP contribution in [0.25, 0.3) is 0 Å². The van der Waals surface area contributed by atoms with E-state index in [1.807, 2.05) is 30.5 Å². The van der Waals surface area contributed by atoms with Gasteiger partial charge in [-0.05, 0) is 56.2 Å². The highest BCUT2D eigenvalue weighted by atomic mass is 16.4. The number of carboxylic acids is 1. The van der Waals surface area contributed by atoms with Gasteiger partial charge in [0.25, 0.3) is 6.47 Å². The van der Waals surface area contributed by atoms with E-state index in [4.69, 9.17) is 15.0 Å². The Kier molecular flexibility index (Phi) is 8.08. The van der Waals surface area contributed by atoms with E-state index in [-0.39, 0.29) is 17.9 Å². The van der Waals surface area contributed by atoms with Gasteiger partial charge in [0, 0.05) is 44.6 Å². The topological polar surface area (TPSA) is 126 Å². The van der Waals surface area contributed by atoms with E-state index in [1.165, 1.54) is 6.20 Å². The highest BCUT2D eigenvalue weighted by molar-refractivity contribution is 5.87. The lowest BCUT2D eigenvalue weighted by Crippen LogP contribution is -2.29. The van der Waals surface area contributed by atoms with Crippen molar-refractivity contribution in [2.45, 2.75) is 39.5 Å². The first kappa shape index (κ1) is 23.1. The number of aromatic nitrogens is 3. The van der Waals surface area contributed by atoms with Crippen LogP contribution in [-0.2, 0) is 29.5 Å². The van der Waals surface area contributed by atoms with Gasteiger partial charge in [-0.3, -0.25) is 19.3 Å². The Morgan fingerprint density at radius 2 is 2.00 bits per heavy atom. The normalized spacial score (nSPS) is 15.4. The van der Waals surface area contributed by atoms with Gasteiger partial charge in [-0.2, -0.15) is 5.10 Å². The Morgan fingerprint density at radius 1 is 1.30 bits per heavy atom. The minimum Gasteiger partial charge on any atom is -0.483 e. The first-order valence-corrected chi connectivity index (χ1v) is 9.78. The van der Waals surface area contributed by atoms with Gasteiger partial charge in [-0.1, -0.05) is 0 Å². The van der Waals surface area contributed by atoms with Crippen molar-refractivity contribution in [3.8, 4) is 0 Å². The number of likely N-dealkylation sites (tertiary alicyclic amines) is 1. The summed E-state index contributed by atoms with van der Waals surface area (Å²) in [6, 6.07) is 1.67. The van der Waals surface area contributed by atoms with Crippen molar-refractivity contribution in [3.05, 3.63) is 46.5 Å². The Labute approximate surface area is 175 Å². The van der Waals surface area contributed by atoms with Crippen molar-refractivity contribution in [3.63, 3.8) is 0 Å². The molecule has 0 saturated carbocycles. The molecule has 0 radical (unpaired) electrons. The number of nitrogens with zero attached hydrogens (tertiary/aromatic N) is 4. The maximum Gasteiger partial charge on any atom is 0.337 e. The molecule has 2 N–H and O–H groups in total. The summed E-state index contributed by atoms with van der Waals surface area (Å²) in [6.07, 6.45) is 5.97. The fourth-order valence-electron chi connectivity index (χ4n) is 3.84. The van der Waals surface area contributed by atoms with Crippen LogP contribution < -0.4 is 0 Å². The second-order valence-corrected chi connectivity index (χ2v) is 7.46. The molecule has 1 aliphatic rings. The van der Waals surface area contributed by atoms with Gasteiger partial charge in [0.2, 0.25) is 5.91 Å². The predicted molar refractivity (Wildman–Crippen MR) is 109 cm³/mol. The van der Waals surface area contributed by atoms with E-state index in [9.17, 15) is 9.59 Å². The molecule has 3 heterocycles. The van der Waals surface area contributed by atoms with Crippen molar-refractivity contribution in [1.82, 2.24) is 19.7 Å². The summed E-state index contributed by atoms with van der Waals surface area (Å²) in [5.74, 6) is -0.437. The zero-order chi connectivity index (χ0) is 22.3. The number of carbonyl (C=O) groups is 3. The fourth-order valence-corrected chi connectivity index (χ4v) is 3.84. The molecule has 9 nitrogen and oxygen atoms in total. The van der Waals surface area contributed by atoms with Crippen LogP contribution in [0.3, 0.4) is 0 Å². The summed E-state index contributed by atoms with van der Waals surface area (Å²) in [6.45, 7) is 5.25. The number of hydrogen-bond donors (Lipinski definition) is 2. The molecule has 1 saturated heterocycles. The van der Waals surface area contributed by atoms with Gasteiger partial charge >= 0.3 is 5.97 Å². The average Bonchev–Trinajstić information content (AvgIpc) is 3.25. The standard InChI is InChI=1S/C20H26N4O3.CH2O2/c1-13-18(14(2)23(3)22-13)4-5-19(25)24-7-6-15(12-24)8-16-9-17(20(26)27)11-21-10-16;2-1-3/h9-11,15H,4-8,12H2,1-3H3,(H,26,27);1H,(H,2,3). The van der Waals surface area contributed by atoms with Gasteiger partial charge in [-0.25, -0.2) is 4.79 Å². The minimum absolute atomic E-state index is 0.178. The van der Waals surface area contributed by atoms with Crippen molar-refractivity contribution in [1.29, 1.82) is 0 Å². The average molecular weight is 416 g/mol. The number of hydrogen-bond acceptors (Lipinski definition) is 5. The van der Waals surface area contributed by atoms with E-state index < -0.39 is 5.97 Å². The Morgan fingerprint density at radius 3 is 2.60 bits per heavy atom. The monoisotopic (exact) mass is 416 g/mol. The zero-order valence-corrected chi connectivity index (χ0v) is 17.5. The molecule has 1 amide bonds. The van der Waals surface area contributed by atoms with Crippen molar-refractivity contribution in [2.24, 2.45) is 13.0 Å². The largest absolute Gasteiger partial charge is 0.483 e. The number of aromatic carboxylic acids is 1. The quantitative estimate of drug-likeness (QED) is 0.688. The van der Waals surface area contributed by atoms with E-state index in [0.717, 1.165) is 54.9 Å². The molecule has 1 atom stereocenters. The van der Waals surface area contributed by atoms with Crippen molar-refractivity contribution >= 4 is 18.3 Å². The summed E-state index contributed by atoms with van der Waals surface area (Å²) in [5.41, 5.74) is 4.40. The first-order valence-electron chi connectivity index (χ1n) is 9.78. The molecule has 9 heteroatoms. The fraction of sp³-hybridized carbons (Fsp3) is 0.476. The summed E-state index contributed by atoms with van der Waals surface area (Å²) in [4.78, 5) is 38.0. The Bertz CT molecular complexity index is 909. The first-order chi connectivity index (χ1) is 14.3. The molecule has 1 unspecified atom stereocenters. The second kappa shape index (κ2) is 10.5. The van der Waals surface area contributed by atoms with Crippen LogP contribution >= 0.6 is 0 Å². The lowest BCUT2D eigenvalue weighted by molar-refractivity contribution is -0.130. The highest BCUT2D eigenvalue weighted by Crippen LogP contribution is 2.22. The van der Waals surface area contributed by atoms with Crippen LogP contribution in [-0.4, -0.2) is 61.3 Å². The van der Waals surface area contributed by atoms with E-state index >= 15 is 0 Å². The van der Waals surface area contributed by atoms with E-state index in [2.05, 4.69) is 10.1 Å². The number of amides is 1. The third kappa shape index (κ3) is 5.88. The van der Waals surface area contributed by atoms with Gasteiger partial charge in [0.15, 0.2) is 0 Å². The lowest BCUT2D eigenvalue weighted by Gasteiger charge is -2.17. The molecule has 0 bridgehead atoms. The highest BCUT2D eigenvalue weighted by Gasteiger charge is 2.26. The zero-order valence-electron chi connectivity index (χ0n) is 17.5. The van der Waals surface area contributed by atoms with Crippen molar-refractivity contribution in [2.75, 3.05) is 13.1 Å². The molecular formula is C21H28N4O5. The molecule has 2 aromatic rings. The predicted octanol–water partition coefficient (Wildman–Crippen LogP) is 1.85. The third-order valence-electron chi connectivity index (χ3n) is 5.45. The van der Waals surface area contributed by atoms with E-state index in [1.54, 1.807) is 12.3 Å². The molecule has 1 fully saturated rings. The molecule has 0 aromatic carbocycles. The van der Waals surface area contributed by atoms with Gasteiger partial charge in [0.05, 0.1) is 11.3 Å². The second-order valence-electron chi connectivity index (χ2n) is 7.46. The number of carbonyl (C=O) groups excluding carboxylic acids is 1. The molecule has 1 aliphatic heterocycles. The van der Waals surface area contributed by atoms with Crippen LogP contribution in [0.2, 0.25) is 0 Å². The van der Waals surface area contributed by atoms with Crippen LogP contribution in [0, 0.1) is 19.8 Å². The summed E-state index contributed by atoms with van der Waals surface area (Å²) in [5, 5.41) is 20.4. The minimum atomic E-state index is -0.964. The SMILES string of the molecule is Cc1nn(C)c(C)c1CCC(=O)N1CCC(Cc2cncc(C(=O)O)c2)C1.O=CO. The summed E-state index contributed by atoms with van der Waals surface area (Å²) < 4.78 is 1.86. The van der Waals surface area contributed by atoms with Crippen LogP contribution in [0.15, 0.2) is 18.5 Å². The van der Waals surface area contributed by atoms with E-state index in [0.29, 0.717) is 12.3 Å². The molecule has 0 spiro atoms. The smallest absolute Gasteiger partial charge is 0.337 e. The third-order valence-corrected chi connectivity index (χ3v) is 5.45. The Balaban J connectivity index is 0.00000101. The van der Waals surface area contributed by atoms with Crippen LogP contribution in [0.4, 0.5) is 0 Å². The molecular weight excluding hydrogens is 388 g/mol. The lowest BCUT2D eigenvalue weighted by atomic mass is 9.99. The number of aryl methyl sites for hydroxylation is 2. The number of pyridine rings is 1. The molecule has 30 heavy (non-hydrogen) atoms. The Hall–Kier alpha value is -3.23. The van der Waals surface area contributed by atoms with Crippen molar-refractivity contribution < 1.29 is 24.6 Å². The summed E-state index contributed by atoms with van der Waals surface area (Å²) >= 11 is 0. The maximum atomic E-state index is 12.6. The molecule has 0 aliphatic carbocycles. The van der Waals surface area contributed by atoms with Gasteiger partial charge in [-0.15, -0.1) is 0 Å². The summed E-state index contributed by atoms with van der Waals surface area (Å²) in [7, 11) is 1.92. The molecule has 162 valence electrons.